The van der Waals surface area contributed by atoms with Crippen LogP contribution < -0.4 is 0 Å². The van der Waals surface area contributed by atoms with Gasteiger partial charge in [-0.1, -0.05) is 0 Å². The number of carbonyl (C=O) groups excluding carboxylic acids is 1. The van der Waals surface area contributed by atoms with Gasteiger partial charge in [0.05, 0.1) is 6.10 Å². The van der Waals surface area contributed by atoms with Crippen molar-refractivity contribution in [1.29, 1.82) is 0 Å². The Labute approximate surface area is 86.7 Å². The van der Waals surface area contributed by atoms with Crippen LogP contribution >= 0.6 is 0 Å². The van der Waals surface area contributed by atoms with Crippen molar-refractivity contribution in [3.05, 3.63) is 6.33 Å². The molecule has 0 aliphatic carbocycles. The van der Waals surface area contributed by atoms with Gasteiger partial charge in [0.2, 0.25) is 5.91 Å². The lowest BCUT2D eigenvalue weighted by Gasteiger charge is -2.29. The van der Waals surface area contributed by atoms with Crippen LogP contribution in [0.1, 0.15) is 12.8 Å². The summed E-state index contributed by atoms with van der Waals surface area (Å²) in [6.07, 6.45) is 2.63. The lowest BCUT2D eigenvalue weighted by atomic mass is 10.1. The van der Waals surface area contributed by atoms with E-state index < -0.39 is 6.10 Å². The van der Waals surface area contributed by atoms with Gasteiger partial charge in [-0.15, -0.1) is 5.10 Å². The van der Waals surface area contributed by atoms with Gasteiger partial charge >= 0.3 is 0 Å². The van der Waals surface area contributed by atoms with E-state index in [2.05, 4.69) is 15.5 Å². The van der Waals surface area contributed by atoms with Crippen LogP contribution in [0.15, 0.2) is 6.33 Å². The Morgan fingerprint density at radius 1 is 1.60 bits per heavy atom. The van der Waals surface area contributed by atoms with Crippen LogP contribution in [0.3, 0.4) is 0 Å². The van der Waals surface area contributed by atoms with Gasteiger partial charge in [-0.05, 0) is 23.3 Å². The largest absolute Gasteiger partial charge is 0.391 e. The van der Waals surface area contributed by atoms with Gasteiger partial charge in [-0.3, -0.25) is 4.79 Å². The van der Waals surface area contributed by atoms with E-state index in [1.165, 1.54) is 11.0 Å². The summed E-state index contributed by atoms with van der Waals surface area (Å²) in [6, 6.07) is 0. The molecular formula is C8H13N5O2. The van der Waals surface area contributed by atoms with Crippen molar-refractivity contribution >= 4 is 5.91 Å². The highest BCUT2D eigenvalue weighted by Gasteiger charge is 2.22. The fourth-order valence-electron chi connectivity index (χ4n) is 1.67. The maximum Gasteiger partial charge on any atom is 0.244 e. The van der Waals surface area contributed by atoms with E-state index in [4.69, 9.17) is 0 Å². The monoisotopic (exact) mass is 211 g/mol. The fraction of sp³-hybridized carbons (Fsp3) is 0.750. The van der Waals surface area contributed by atoms with Gasteiger partial charge in [0.1, 0.15) is 12.9 Å². The smallest absolute Gasteiger partial charge is 0.244 e. The number of hydrogen-bond donors (Lipinski definition) is 1. The molecule has 15 heavy (non-hydrogen) atoms. The minimum absolute atomic E-state index is 0.0546. The molecule has 0 saturated carbocycles. The van der Waals surface area contributed by atoms with E-state index in [0.29, 0.717) is 13.1 Å². The molecule has 1 fully saturated rings. The second-order valence-corrected chi connectivity index (χ2v) is 3.64. The molecule has 1 aliphatic heterocycles. The van der Waals surface area contributed by atoms with Crippen molar-refractivity contribution in [2.75, 3.05) is 13.1 Å². The molecule has 0 bridgehead atoms. The number of rotatable bonds is 2. The molecule has 1 aromatic rings. The van der Waals surface area contributed by atoms with E-state index >= 15 is 0 Å². The molecule has 1 saturated heterocycles. The number of β-amino-alcohol motifs (C(OH)–C–C–N with tert-alkyl or cyclic N) is 1. The van der Waals surface area contributed by atoms with Crippen LogP contribution in [0.2, 0.25) is 0 Å². The summed E-state index contributed by atoms with van der Waals surface area (Å²) in [6.45, 7) is 1.26. The van der Waals surface area contributed by atoms with E-state index in [0.717, 1.165) is 12.8 Å². The van der Waals surface area contributed by atoms with Crippen molar-refractivity contribution < 1.29 is 9.90 Å². The first-order chi connectivity index (χ1) is 7.25. The van der Waals surface area contributed by atoms with Gasteiger partial charge in [0.25, 0.3) is 0 Å². The number of carbonyl (C=O) groups is 1. The van der Waals surface area contributed by atoms with E-state index in [1.807, 2.05) is 0 Å². The lowest BCUT2D eigenvalue weighted by Crippen LogP contribution is -2.43. The van der Waals surface area contributed by atoms with Gasteiger partial charge in [0.15, 0.2) is 0 Å². The Kier molecular flexibility index (Phi) is 2.91. The van der Waals surface area contributed by atoms with Crippen molar-refractivity contribution in [1.82, 2.24) is 25.1 Å². The van der Waals surface area contributed by atoms with Crippen molar-refractivity contribution in [2.45, 2.75) is 25.5 Å². The summed E-state index contributed by atoms with van der Waals surface area (Å²) in [7, 11) is 0. The number of likely N-dealkylation sites (tertiary alicyclic amines) is 1. The molecule has 0 spiro atoms. The Bertz CT molecular complexity index is 326. The summed E-state index contributed by atoms with van der Waals surface area (Å²) >= 11 is 0. The average Bonchev–Trinajstić information content (AvgIpc) is 2.70. The number of aliphatic hydroxyl groups excluding tert-OH is 1. The van der Waals surface area contributed by atoms with Crippen LogP contribution in [0, 0.1) is 0 Å². The molecule has 82 valence electrons. The third kappa shape index (κ3) is 2.50. The summed E-state index contributed by atoms with van der Waals surface area (Å²) in [5.41, 5.74) is 0. The highest BCUT2D eigenvalue weighted by molar-refractivity contribution is 5.75. The van der Waals surface area contributed by atoms with Crippen LogP contribution in [0.4, 0.5) is 0 Å². The van der Waals surface area contributed by atoms with Gasteiger partial charge in [0, 0.05) is 13.1 Å². The number of aromatic nitrogens is 4. The molecule has 0 unspecified atom stereocenters. The molecule has 0 radical (unpaired) electrons. The van der Waals surface area contributed by atoms with Gasteiger partial charge in [-0.25, -0.2) is 4.68 Å². The second-order valence-electron chi connectivity index (χ2n) is 3.64. The van der Waals surface area contributed by atoms with E-state index in [9.17, 15) is 9.90 Å². The molecular weight excluding hydrogens is 198 g/mol. The van der Waals surface area contributed by atoms with E-state index in [1.54, 1.807) is 4.90 Å². The SMILES string of the molecule is O=C(Cn1cnnn1)N1CCC[C@H](O)C1. The Balaban J connectivity index is 1.90. The predicted octanol–water partition coefficient (Wildman–Crippen LogP) is -1.34. The van der Waals surface area contributed by atoms with Gasteiger partial charge < -0.3 is 10.0 Å². The van der Waals surface area contributed by atoms with Crippen LogP contribution in [0.5, 0.6) is 0 Å². The number of piperidine rings is 1. The van der Waals surface area contributed by atoms with E-state index in [-0.39, 0.29) is 12.5 Å². The molecule has 1 aromatic heterocycles. The average molecular weight is 211 g/mol. The zero-order valence-electron chi connectivity index (χ0n) is 8.28. The van der Waals surface area contributed by atoms with Crippen LogP contribution in [-0.2, 0) is 11.3 Å². The molecule has 7 heteroatoms. The van der Waals surface area contributed by atoms with Crippen molar-refractivity contribution in [2.24, 2.45) is 0 Å². The Morgan fingerprint density at radius 3 is 3.13 bits per heavy atom. The predicted molar refractivity (Wildman–Crippen MR) is 49.6 cm³/mol. The number of hydrogen-bond acceptors (Lipinski definition) is 5. The molecule has 2 heterocycles. The summed E-state index contributed by atoms with van der Waals surface area (Å²) < 4.78 is 1.38. The second kappa shape index (κ2) is 4.35. The number of aliphatic hydroxyl groups is 1. The maximum absolute atomic E-state index is 11.7. The normalized spacial score (nSPS) is 21.7. The zero-order valence-corrected chi connectivity index (χ0v) is 8.28. The van der Waals surface area contributed by atoms with Crippen LogP contribution in [-0.4, -0.2) is 55.3 Å². The minimum atomic E-state index is -0.392. The minimum Gasteiger partial charge on any atom is -0.391 e. The standard InChI is InChI=1S/C8H13N5O2/c14-7-2-1-3-12(4-7)8(15)5-13-6-9-10-11-13/h6-7,14H,1-5H2/t7-/m0/s1. The Hall–Kier alpha value is -1.50. The molecule has 1 aliphatic rings. The topological polar surface area (TPSA) is 84.1 Å². The maximum atomic E-state index is 11.7. The fourth-order valence-corrected chi connectivity index (χ4v) is 1.67. The lowest BCUT2D eigenvalue weighted by molar-refractivity contribution is -0.135. The molecule has 7 nitrogen and oxygen atoms in total. The molecule has 1 atom stereocenters. The highest BCUT2D eigenvalue weighted by Crippen LogP contribution is 2.09. The number of nitrogens with zero attached hydrogens (tertiary/aromatic N) is 5. The van der Waals surface area contributed by atoms with Crippen molar-refractivity contribution in [3.63, 3.8) is 0 Å². The molecule has 0 aromatic carbocycles. The third-order valence-electron chi connectivity index (χ3n) is 2.44. The summed E-state index contributed by atoms with van der Waals surface area (Å²) in [5, 5.41) is 19.9. The first kappa shape index (κ1) is 10.0. The number of tetrazole rings is 1. The van der Waals surface area contributed by atoms with Crippen molar-refractivity contribution in [3.8, 4) is 0 Å². The Morgan fingerprint density at radius 2 is 2.47 bits per heavy atom. The molecule has 1 N–H and O–H groups in total. The van der Waals surface area contributed by atoms with Gasteiger partial charge in [-0.2, -0.15) is 0 Å². The molecule has 1 amide bonds. The third-order valence-corrected chi connectivity index (χ3v) is 2.44. The zero-order chi connectivity index (χ0) is 10.7. The number of amides is 1. The summed E-state index contributed by atoms with van der Waals surface area (Å²) in [4.78, 5) is 13.4. The summed E-state index contributed by atoms with van der Waals surface area (Å²) in [5.74, 6) is -0.0546. The first-order valence-corrected chi connectivity index (χ1v) is 4.92. The van der Waals surface area contributed by atoms with Crippen LogP contribution in [0.25, 0.3) is 0 Å². The highest BCUT2D eigenvalue weighted by atomic mass is 16.3. The quantitative estimate of drug-likeness (QED) is 0.654. The molecule has 2 rings (SSSR count). The first-order valence-electron chi connectivity index (χ1n) is 4.92.